The molecule has 9 heteroatoms. The molecule has 1 aliphatic rings. The van der Waals surface area contributed by atoms with Gasteiger partial charge in [0.1, 0.15) is 11.9 Å². The van der Waals surface area contributed by atoms with E-state index in [0.717, 1.165) is 16.8 Å². The van der Waals surface area contributed by atoms with Gasteiger partial charge in [0.25, 0.3) is 16.0 Å². The third-order valence-corrected chi connectivity index (χ3v) is 6.39. The third-order valence-electron chi connectivity index (χ3n) is 5.04. The van der Waals surface area contributed by atoms with Gasteiger partial charge in [-0.05, 0) is 41.5 Å². The van der Waals surface area contributed by atoms with Crippen molar-refractivity contribution in [1.82, 2.24) is 14.8 Å². The fourth-order valence-electron chi connectivity index (χ4n) is 3.50. The molecule has 1 aromatic heterocycles. The van der Waals surface area contributed by atoms with Crippen LogP contribution in [0.2, 0.25) is 0 Å². The molecule has 0 radical (unpaired) electrons. The lowest BCUT2D eigenvalue weighted by Gasteiger charge is -2.24. The Morgan fingerprint density at radius 2 is 1.56 bits per heavy atom. The van der Waals surface area contributed by atoms with Crippen molar-refractivity contribution in [2.75, 3.05) is 10.0 Å². The van der Waals surface area contributed by atoms with E-state index < -0.39 is 16.1 Å². The Hall–Kier alpha value is -3.98. The van der Waals surface area contributed by atoms with Gasteiger partial charge in [-0.3, -0.25) is 0 Å². The Kier molecular flexibility index (Phi) is 4.95. The standard InChI is InChI=1S/C23H18FN5O2S/c24-18-13-11-17(12-14-18)21-15-20(16-7-3-1-4-8-16)25-23-26-22(27-29(21)23)28-32(30,31)19-9-5-2-6-10-19/h1-15,21H,(H2,25,26,27,28). The highest BCUT2D eigenvalue weighted by Gasteiger charge is 2.27. The number of aromatic nitrogens is 3. The predicted octanol–water partition coefficient (Wildman–Crippen LogP) is 4.27. The number of nitrogens with one attached hydrogen (secondary N) is 2. The summed E-state index contributed by atoms with van der Waals surface area (Å²) in [7, 11) is -3.85. The highest BCUT2D eigenvalue weighted by atomic mass is 32.2. The Labute approximate surface area is 184 Å². The number of benzene rings is 3. The molecule has 1 aliphatic heterocycles. The number of rotatable bonds is 5. The van der Waals surface area contributed by atoms with Crippen molar-refractivity contribution in [1.29, 1.82) is 0 Å². The zero-order valence-corrected chi connectivity index (χ0v) is 17.5. The molecule has 0 amide bonds. The van der Waals surface area contributed by atoms with E-state index in [0.29, 0.717) is 5.95 Å². The minimum absolute atomic E-state index is 0.0637. The van der Waals surface area contributed by atoms with Crippen LogP contribution in [0, 0.1) is 5.82 Å². The molecular formula is C23H18FN5O2S. The van der Waals surface area contributed by atoms with E-state index in [4.69, 9.17) is 0 Å². The first-order valence-corrected chi connectivity index (χ1v) is 11.3. The van der Waals surface area contributed by atoms with Gasteiger partial charge < -0.3 is 5.32 Å². The second kappa shape index (κ2) is 7.93. The van der Waals surface area contributed by atoms with Crippen LogP contribution in [0.5, 0.6) is 0 Å². The third kappa shape index (κ3) is 3.85. The second-order valence-electron chi connectivity index (χ2n) is 7.19. The highest BCUT2D eigenvalue weighted by Crippen LogP contribution is 2.33. The number of hydrogen-bond donors (Lipinski definition) is 2. The normalized spacial score (nSPS) is 15.4. The number of halogens is 1. The molecule has 0 spiro atoms. The number of nitrogens with zero attached hydrogens (tertiary/aromatic N) is 3. The van der Waals surface area contributed by atoms with E-state index >= 15 is 0 Å². The Balaban J connectivity index is 1.55. The maximum atomic E-state index is 13.5. The molecule has 4 aromatic rings. The lowest BCUT2D eigenvalue weighted by atomic mass is 10.0. The summed E-state index contributed by atoms with van der Waals surface area (Å²) in [6.45, 7) is 0. The molecule has 5 rings (SSSR count). The summed E-state index contributed by atoms with van der Waals surface area (Å²) >= 11 is 0. The van der Waals surface area contributed by atoms with Gasteiger partial charge >= 0.3 is 0 Å². The van der Waals surface area contributed by atoms with Crippen LogP contribution in [-0.2, 0) is 10.0 Å². The fraction of sp³-hybridized carbons (Fsp3) is 0.0435. The van der Waals surface area contributed by atoms with Crippen molar-refractivity contribution in [2.45, 2.75) is 10.9 Å². The molecule has 0 saturated heterocycles. The summed E-state index contributed by atoms with van der Waals surface area (Å²) in [6.07, 6.45) is 1.94. The Bertz CT molecular complexity index is 1390. The number of sulfonamides is 1. The van der Waals surface area contributed by atoms with Crippen molar-refractivity contribution in [3.8, 4) is 0 Å². The van der Waals surface area contributed by atoms with E-state index in [-0.39, 0.29) is 16.7 Å². The van der Waals surface area contributed by atoms with Crippen LogP contribution in [-0.4, -0.2) is 23.2 Å². The molecule has 0 saturated carbocycles. The van der Waals surface area contributed by atoms with Crippen molar-refractivity contribution < 1.29 is 12.8 Å². The second-order valence-corrected chi connectivity index (χ2v) is 8.87. The largest absolute Gasteiger partial charge is 0.324 e. The van der Waals surface area contributed by atoms with Crippen molar-refractivity contribution in [3.63, 3.8) is 0 Å². The van der Waals surface area contributed by atoms with Crippen molar-refractivity contribution >= 4 is 27.6 Å². The highest BCUT2D eigenvalue weighted by molar-refractivity contribution is 7.92. The van der Waals surface area contributed by atoms with E-state index in [1.807, 2.05) is 36.4 Å². The topological polar surface area (TPSA) is 88.9 Å². The van der Waals surface area contributed by atoms with Crippen molar-refractivity contribution in [2.24, 2.45) is 0 Å². The minimum atomic E-state index is -3.85. The molecule has 1 atom stereocenters. The summed E-state index contributed by atoms with van der Waals surface area (Å²) < 4.78 is 42.9. The first kappa shape index (κ1) is 20.0. The van der Waals surface area contributed by atoms with Crippen LogP contribution in [0.4, 0.5) is 16.3 Å². The zero-order chi connectivity index (χ0) is 22.1. The Morgan fingerprint density at radius 1 is 0.906 bits per heavy atom. The lowest BCUT2D eigenvalue weighted by Crippen LogP contribution is -2.20. The van der Waals surface area contributed by atoms with Gasteiger partial charge in [0.15, 0.2) is 0 Å². The van der Waals surface area contributed by atoms with E-state index in [2.05, 4.69) is 20.1 Å². The summed E-state index contributed by atoms with van der Waals surface area (Å²) in [5.74, 6) is -0.0392. The number of allylic oxidation sites excluding steroid dienone is 1. The van der Waals surface area contributed by atoms with E-state index in [1.165, 1.54) is 24.3 Å². The number of anilines is 2. The smallest absolute Gasteiger partial charge is 0.264 e. The quantitative estimate of drug-likeness (QED) is 0.477. The summed E-state index contributed by atoms with van der Waals surface area (Å²) in [5.41, 5.74) is 2.50. The van der Waals surface area contributed by atoms with Crippen molar-refractivity contribution in [3.05, 3.63) is 108 Å². The van der Waals surface area contributed by atoms with Crippen LogP contribution >= 0.6 is 0 Å². The van der Waals surface area contributed by atoms with Crippen LogP contribution in [0.25, 0.3) is 5.70 Å². The Morgan fingerprint density at radius 3 is 2.25 bits per heavy atom. The molecule has 0 bridgehead atoms. The zero-order valence-electron chi connectivity index (χ0n) is 16.7. The number of hydrogen-bond acceptors (Lipinski definition) is 5. The van der Waals surface area contributed by atoms with Gasteiger partial charge in [0, 0.05) is 5.70 Å². The van der Waals surface area contributed by atoms with Gasteiger partial charge in [-0.2, -0.15) is 4.98 Å². The van der Waals surface area contributed by atoms with Crippen LogP contribution in [0.1, 0.15) is 17.2 Å². The van der Waals surface area contributed by atoms with Crippen LogP contribution in [0.15, 0.2) is 95.9 Å². The molecule has 0 aliphatic carbocycles. The molecule has 1 unspecified atom stereocenters. The van der Waals surface area contributed by atoms with Gasteiger partial charge in [0.05, 0.1) is 4.90 Å². The molecule has 32 heavy (non-hydrogen) atoms. The summed E-state index contributed by atoms with van der Waals surface area (Å²) in [4.78, 5) is 4.48. The minimum Gasteiger partial charge on any atom is -0.324 e. The average molecular weight is 447 g/mol. The molecule has 160 valence electrons. The fourth-order valence-corrected chi connectivity index (χ4v) is 4.46. The molecule has 3 aromatic carbocycles. The molecule has 2 N–H and O–H groups in total. The lowest BCUT2D eigenvalue weighted by molar-refractivity contribution is 0.597. The van der Waals surface area contributed by atoms with Crippen LogP contribution < -0.4 is 10.0 Å². The maximum Gasteiger partial charge on any atom is 0.264 e. The SMILES string of the molecule is O=S(=O)(Nc1nc2n(n1)C(c1ccc(F)cc1)C=C(c1ccccc1)N2)c1ccccc1. The summed E-state index contributed by atoms with van der Waals surface area (Å²) in [5, 5.41) is 7.60. The van der Waals surface area contributed by atoms with E-state index in [1.54, 1.807) is 35.0 Å². The van der Waals surface area contributed by atoms with E-state index in [9.17, 15) is 12.8 Å². The summed E-state index contributed by atoms with van der Waals surface area (Å²) in [6, 6.07) is 23.3. The monoisotopic (exact) mass is 447 g/mol. The first-order valence-electron chi connectivity index (χ1n) is 9.84. The number of fused-ring (bicyclic) bond motifs is 1. The average Bonchev–Trinajstić information content (AvgIpc) is 3.22. The predicted molar refractivity (Wildman–Crippen MR) is 120 cm³/mol. The molecular weight excluding hydrogens is 429 g/mol. The molecule has 7 nitrogen and oxygen atoms in total. The van der Waals surface area contributed by atoms with Gasteiger partial charge in [-0.1, -0.05) is 60.7 Å². The van der Waals surface area contributed by atoms with Gasteiger partial charge in [0.2, 0.25) is 5.95 Å². The first-order chi connectivity index (χ1) is 15.5. The molecule has 2 heterocycles. The van der Waals surface area contributed by atoms with Gasteiger partial charge in [-0.15, -0.1) is 5.10 Å². The van der Waals surface area contributed by atoms with Crippen LogP contribution in [0.3, 0.4) is 0 Å². The van der Waals surface area contributed by atoms with Gasteiger partial charge in [-0.25, -0.2) is 22.2 Å². The molecule has 0 fully saturated rings. The maximum absolute atomic E-state index is 13.5.